The maximum Gasteiger partial charge on any atom is 0.217 e. The first-order valence-electron chi connectivity index (χ1n) is 8.03. The molecule has 0 aromatic heterocycles. The topological polar surface area (TPSA) is 61.8 Å². The summed E-state index contributed by atoms with van der Waals surface area (Å²) in [7, 11) is 0. The van der Waals surface area contributed by atoms with Crippen LogP contribution in [-0.4, -0.2) is 54.3 Å². The summed E-state index contributed by atoms with van der Waals surface area (Å²) in [5.41, 5.74) is 0.928. The van der Waals surface area contributed by atoms with E-state index in [0.29, 0.717) is 18.2 Å². The van der Waals surface area contributed by atoms with Crippen LogP contribution < -0.4 is 5.32 Å². The minimum Gasteiger partial charge on any atom is -0.389 e. The van der Waals surface area contributed by atoms with E-state index in [-0.39, 0.29) is 18.6 Å². The lowest BCUT2D eigenvalue weighted by atomic mass is 10.0. The number of carbonyl (C=O) groups is 1. The molecule has 0 aliphatic carbocycles. The number of β-amino-alcohol motifs (C(OH)–C–C–N with tert-alkyl or cyclic N) is 1. The summed E-state index contributed by atoms with van der Waals surface area (Å²) in [6.45, 7) is 4.60. The van der Waals surface area contributed by atoms with Gasteiger partial charge in [-0.05, 0) is 24.5 Å². The van der Waals surface area contributed by atoms with Crippen LogP contribution in [0.5, 0.6) is 0 Å². The molecule has 1 fully saturated rings. The molecule has 6 heteroatoms. The second-order valence-electron chi connectivity index (χ2n) is 6.04. The molecule has 1 aromatic carbocycles. The van der Waals surface area contributed by atoms with Gasteiger partial charge in [-0.1, -0.05) is 29.8 Å². The Morgan fingerprint density at radius 3 is 2.78 bits per heavy atom. The van der Waals surface area contributed by atoms with Gasteiger partial charge in [-0.3, -0.25) is 4.79 Å². The number of rotatable bonds is 7. The van der Waals surface area contributed by atoms with E-state index in [2.05, 4.69) is 10.2 Å². The minimum absolute atomic E-state index is 0.0245. The van der Waals surface area contributed by atoms with Crippen molar-refractivity contribution < 1.29 is 14.6 Å². The fraction of sp³-hybridized carbons (Fsp3) is 0.588. The van der Waals surface area contributed by atoms with Crippen LogP contribution in [-0.2, 0) is 16.1 Å². The highest BCUT2D eigenvalue weighted by molar-refractivity contribution is 6.31. The van der Waals surface area contributed by atoms with Gasteiger partial charge in [-0.2, -0.15) is 0 Å². The standard InChI is InChI=1S/C17H25ClN2O3/c1-13(21)19-15-6-8-20(9-7-15)10-16(22)12-23-11-14-4-2-3-5-17(14)18/h2-5,15-16,22H,6-12H2,1H3,(H,19,21). The van der Waals surface area contributed by atoms with Gasteiger partial charge >= 0.3 is 0 Å². The molecule has 128 valence electrons. The SMILES string of the molecule is CC(=O)NC1CCN(CC(O)COCc2ccccc2Cl)CC1. The Bertz CT molecular complexity index is 504. The number of ether oxygens (including phenoxy) is 1. The van der Waals surface area contributed by atoms with Crippen molar-refractivity contribution >= 4 is 17.5 Å². The fourth-order valence-corrected chi connectivity index (χ4v) is 3.01. The molecule has 1 heterocycles. The highest BCUT2D eigenvalue weighted by Gasteiger charge is 2.21. The lowest BCUT2D eigenvalue weighted by Crippen LogP contribution is -2.46. The molecular formula is C17H25ClN2O3. The number of aliphatic hydroxyl groups excluding tert-OH is 1. The molecule has 0 spiro atoms. The Hall–Kier alpha value is -1.14. The monoisotopic (exact) mass is 340 g/mol. The predicted octanol–water partition coefficient (Wildman–Crippen LogP) is 1.82. The molecule has 0 radical (unpaired) electrons. The van der Waals surface area contributed by atoms with Crippen LogP contribution in [0.3, 0.4) is 0 Å². The summed E-state index contributed by atoms with van der Waals surface area (Å²) in [6, 6.07) is 7.81. The van der Waals surface area contributed by atoms with Crippen LogP contribution in [0.4, 0.5) is 0 Å². The van der Waals surface area contributed by atoms with Gasteiger partial charge in [0.25, 0.3) is 0 Å². The van der Waals surface area contributed by atoms with Crippen molar-refractivity contribution in [3.63, 3.8) is 0 Å². The van der Waals surface area contributed by atoms with E-state index >= 15 is 0 Å². The number of nitrogens with zero attached hydrogens (tertiary/aromatic N) is 1. The number of carbonyl (C=O) groups excluding carboxylic acids is 1. The summed E-state index contributed by atoms with van der Waals surface area (Å²) >= 11 is 6.06. The zero-order valence-electron chi connectivity index (χ0n) is 13.5. The number of piperidine rings is 1. The van der Waals surface area contributed by atoms with Crippen LogP contribution in [0.2, 0.25) is 5.02 Å². The van der Waals surface area contributed by atoms with Gasteiger partial charge in [0.15, 0.2) is 0 Å². The molecule has 23 heavy (non-hydrogen) atoms. The van der Waals surface area contributed by atoms with Crippen LogP contribution in [0.1, 0.15) is 25.3 Å². The molecule has 1 atom stereocenters. The van der Waals surface area contributed by atoms with Gasteiger partial charge in [0.05, 0.1) is 19.3 Å². The lowest BCUT2D eigenvalue weighted by molar-refractivity contribution is -0.120. The van der Waals surface area contributed by atoms with E-state index in [9.17, 15) is 9.90 Å². The van der Waals surface area contributed by atoms with Crippen molar-refractivity contribution in [3.05, 3.63) is 34.9 Å². The van der Waals surface area contributed by atoms with E-state index < -0.39 is 6.10 Å². The highest BCUT2D eigenvalue weighted by Crippen LogP contribution is 2.16. The lowest BCUT2D eigenvalue weighted by Gasteiger charge is -2.33. The fourth-order valence-electron chi connectivity index (χ4n) is 2.82. The van der Waals surface area contributed by atoms with E-state index in [1.54, 1.807) is 6.92 Å². The van der Waals surface area contributed by atoms with Crippen LogP contribution in [0.15, 0.2) is 24.3 Å². The van der Waals surface area contributed by atoms with Crippen LogP contribution >= 0.6 is 11.6 Å². The summed E-state index contributed by atoms with van der Waals surface area (Å²) in [6.07, 6.45) is 1.33. The van der Waals surface area contributed by atoms with Crippen molar-refractivity contribution in [2.45, 2.75) is 38.5 Å². The largest absolute Gasteiger partial charge is 0.389 e. The van der Waals surface area contributed by atoms with Gasteiger partial charge in [0.1, 0.15) is 0 Å². The summed E-state index contributed by atoms with van der Waals surface area (Å²) in [5.74, 6) is 0.0245. The van der Waals surface area contributed by atoms with Gasteiger partial charge < -0.3 is 20.1 Å². The number of hydrogen-bond acceptors (Lipinski definition) is 4. The van der Waals surface area contributed by atoms with Crippen molar-refractivity contribution in [1.29, 1.82) is 0 Å². The van der Waals surface area contributed by atoms with Crippen LogP contribution in [0.25, 0.3) is 0 Å². The average molecular weight is 341 g/mol. The van der Waals surface area contributed by atoms with Crippen molar-refractivity contribution in [2.75, 3.05) is 26.2 Å². The number of hydrogen-bond donors (Lipinski definition) is 2. The third-order valence-corrected chi connectivity index (χ3v) is 4.36. The van der Waals surface area contributed by atoms with Gasteiger partial charge in [-0.25, -0.2) is 0 Å². The summed E-state index contributed by atoms with van der Waals surface area (Å²) in [4.78, 5) is 13.2. The van der Waals surface area contributed by atoms with E-state index in [1.165, 1.54) is 0 Å². The molecule has 1 unspecified atom stereocenters. The molecule has 2 N–H and O–H groups in total. The second kappa shape index (κ2) is 9.23. The average Bonchev–Trinajstić information content (AvgIpc) is 2.51. The molecule has 1 amide bonds. The molecule has 0 bridgehead atoms. The molecule has 1 aliphatic heterocycles. The van der Waals surface area contributed by atoms with Crippen molar-refractivity contribution in [1.82, 2.24) is 10.2 Å². The Morgan fingerprint density at radius 2 is 2.13 bits per heavy atom. The first kappa shape index (κ1) is 18.2. The van der Waals surface area contributed by atoms with Crippen molar-refractivity contribution in [3.8, 4) is 0 Å². The number of halogens is 1. The molecule has 1 saturated heterocycles. The summed E-state index contributed by atoms with van der Waals surface area (Å²) < 4.78 is 5.56. The first-order chi connectivity index (χ1) is 11.0. The number of amides is 1. The Labute approximate surface area is 142 Å². The number of aliphatic hydroxyl groups is 1. The second-order valence-corrected chi connectivity index (χ2v) is 6.44. The molecule has 2 rings (SSSR count). The maximum atomic E-state index is 11.0. The Morgan fingerprint density at radius 1 is 1.43 bits per heavy atom. The van der Waals surface area contributed by atoms with Gasteiger partial charge in [-0.15, -0.1) is 0 Å². The molecular weight excluding hydrogens is 316 g/mol. The summed E-state index contributed by atoms with van der Waals surface area (Å²) in [5, 5.41) is 13.7. The smallest absolute Gasteiger partial charge is 0.217 e. The zero-order valence-corrected chi connectivity index (χ0v) is 14.3. The Balaban J connectivity index is 1.63. The van der Waals surface area contributed by atoms with Gasteiger partial charge in [0.2, 0.25) is 5.91 Å². The first-order valence-corrected chi connectivity index (χ1v) is 8.41. The molecule has 0 saturated carbocycles. The number of likely N-dealkylation sites (tertiary alicyclic amines) is 1. The van der Waals surface area contributed by atoms with Gasteiger partial charge in [0, 0.05) is 37.6 Å². The maximum absolute atomic E-state index is 11.0. The van der Waals surface area contributed by atoms with E-state index in [0.717, 1.165) is 31.5 Å². The Kier molecular flexibility index (Phi) is 7.30. The van der Waals surface area contributed by atoms with Crippen LogP contribution in [0, 0.1) is 0 Å². The predicted molar refractivity (Wildman–Crippen MR) is 90.4 cm³/mol. The van der Waals surface area contributed by atoms with E-state index in [4.69, 9.17) is 16.3 Å². The third kappa shape index (κ3) is 6.47. The number of benzene rings is 1. The molecule has 1 aliphatic rings. The molecule has 5 nitrogen and oxygen atoms in total. The number of nitrogens with one attached hydrogen (secondary N) is 1. The van der Waals surface area contributed by atoms with E-state index in [1.807, 2.05) is 24.3 Å². The normalized spacial score (nSPS) is 17.9. The quantitative estimate of drug-likeness (QED) is 0.795. The highest BCUT2D eigenvalue weighted by atomic mass is 35.5. The third-order valence-electron chi connectivity index (χ3n) is 3.99. The minimum atomic E-state index is -0.519. The zero-order chi connectivity index (χ0) is 16.7. The molecule has 1 aromatic rings. The van der Waals surface area contributed by atoms with Crippen molar-refractivity contribution in [2.24, 2.45) is 0 Å².